The molecule has 0 amide bonds. The van der Waals surface area contributed by atoms with E-state index in [9.17, 15) is 8.42 Å². The van der Waals surface area contributed by atoms with E-state index in [1.807, 2.05) is 18.2 Å². The Kier molecular flexibility index (Phi) is 6.76. The van der Waals surface area contributed by atoms with Crippen molar-refractivity contribution < 1.29 is 13.2 Å². The summed E-state index contributed by atoms with van der Waals surface area (Å²) in [5.41, 5.74) is 2.41. The van der Waals surface area contributed by atoms with Crippen LogP contribution >= 0.6 is 11.6 Å². The smallest absolute Gasteiger partial charge is 0.262 e. The molecular formula is C24H27ClN4O3S. The lowest BCUT2D eigenvalue weighted by atomic mass is 9.99. The summed E-state index contributed by atoms with van der Waals surface area (Å²) in [6.07, 6.45) is 2.31. The van der Waals surface area contributed by atoms with Crippen molar-refractivity contribution in [1.82, 2.24) is 10.2 Å². The van der Waals surface area contributed by atoms with E-state index in [4.69, 9.17) is 16.3 Å². The van der Waals surface area contributed by atoms with Crippen LogP contribution < -0.4 is 14.4 Å². The number of aromatic nitrogens is 2. The third-order valence-corrected chi connectivity index (χ3v) is 7.73. The number of ether oxygens (including phenoxy) is 1. The number of piperidine rings is 1. The molecule has 1 N–H and O–H groups in total. The molecule has 1 aliphatic rings. The maximum Gasteiger partial charge on any atom is 0.262 e. The van der Waals surface area contributed by atoms with Crippen molar-refractivity contribution in [2.24, 2.45) is 5.92 Å². The Morgan fingerprint density at radius 1 is 1.09 bits per heavy atom. The van der Waals surface area contributed by atoms with Crippen molar-refractivity contribution in [2.45, 2.75) is 31.6 Å². The first-order valence-corrected chi connectivity index (χ1v) is 12.7. The van der Waals surface area contributed by atoms with E-state index in [2.05, 4.69) is 26.7 Å². The Balaban J connectivity index is 1.54. The molecule has 7 nitrogen and oxygen atoms in total. The predicted molar refractivity (Wildman–Crippen MR) is 132 cm³/mol. The van der Waals surface area contributed by atoms with Gasteiger partial charge in [0.05, 0.1) is 22.7 Å². The minimum atomic E-state index is -3.85. The predicted octanol–water partition coefficient (Wildman–Crippen LogP) is 5.15. The van der Waals surface area contributed by atoms with Gasteiger partial charge in [0.25, 0.3) is 10.0 Å². The second-order valence-corrected chi connectivity index (χ2v) is 10.4. The number of hydrogen-bond acceptors (Lipinski definition) is 6. The fourth-order valence-electron chi connectivity index (χ4n) is 3.92. The molecule has 3 aromatic rings. The van der Waals surface area contributed by atoms with Crippen LogP contribution in [0.25, 0.3) is 11.3 Å². The van der Waals surface area contributed by atoms with E-state index in [1.165, 1.54) is 13.2 Å². The molecule has 0 atom stereocenters. The normalized spacial score (nSPS) is 14.8. The first-order chi connectivity index (χ1) is 15.8. The maximum absolute atomic E-state index is 13.0. The Labute approximate surface area is 199 Å². The van der Waals surface area contributed by atoms with Gasteiger partial charge in [-0.1, -0.05) is 30.7 Å². The van der Waals surface area contributed by atoms with Gasteiger partial charge in [-0.15, -0.1) is 10.2 Å². The van der Waals surface area contributed by atoms with Gasteiger partial charge in [0, 0.05) is 24.3 Å². The second kappa shape index (κ2) is 9.57. The van der Waals surface area contributed by atoms with Gasteiger partial charge in [-0.05, 0) is 67.6 Å². The van der Waals surface area contributed by atoms with Crippen molar-refractivity contribution in [1.29, 1.82) is 0 Å². The number of nitrogens with one attached hydrogen (secondary N) is 1. The van der Waals surface area contributed by atoms with Gasteiger partial charge in [-0.2, -0.15) is 0 Å². The number of hydrogen-bond donors (Lipinski definition) is 1. The average Bonchev–Trinajstić information content (AvgIpc) is 2.80. The van der Waals surface area contributed by atoms with Crippen LogP contribution in [0.1, 0.15) is 25.3 Å². The lowest BCUT2D eigenvalue weighted by molar-refractivity contribution is 0.414. The second-order valence-electron chi connectivity index (χ2n) is 8.38. The molecule has 2 heterocycles. The fraction of sp³-hybridized carbons (Fsp3) is 0.333. The third-order valence-electron chi connectivity index (χ3n) is 5.91. The average molecular weight is 487 g/mol. The molecule has 0 saturated carbocycles. The largest absolute Gasteiger partial charge is 0.495 e. The van der Waals surface area contributed by atoms with Gasteiger partial charge in [0.1, 0.15) is 5.75 Å². The molecule has 1 aromatic heterocycles. The summed E-state index contributed by atoms with van der Waals surface area (Å²) in [7, 11) is -2.36. The highest BCUT2D eigenvalue weighted by atomic mass is 35.5. The van der Waals surface area contributed by atoms with Crippen LogP contribution in [0.15, 0.2) is 53.4 Å². The maximum atomic E-state index is 13.0. The number of sulfonamides is 1. The van der Waals surface area contributed by atoms with E-state index < -0.39 is 10.0 Å². The van der Waals surface area contributed by atoms with Crippen LogP contribution in [0.2, 0.25) is 5.02 Å². The first kappa shape index (κ1) is 23.3. The van der Waals surface area contributed by atoms with Crippen molar-refractivity contribution in [3.8, 4) is 17.0 Å². The van der Waals surface area contributed by atoms with Crippen LogP contribution in [0.3, 0.4) is 0 Å². The lowest BCUT2D eigenvalue weighted by Crippen LogP contribution is -2.33. The zero-order valence-corrected chi connectivity index (χ0v) is 20.4. The van der Waals surface area contributed by atoms with Crippen LogP contribution in [0, 0.1) is 12.8 Å². The summed E-state index contributed by atoms with van der Waals surface area (Å²) in [6.45, 7) is 5.95. The van der Waals surface area contributed by atoms with Gasteiger partial charge < -0.3 is 9.64 Å². The zero-order chi connectivity index (χ0) is 23.6. The third kappa shape index (κ3) is 5.23. The van der Waals surface area contributed by atoms with Gasteiger partial charge in [-0.3, -0.25) is 4.72 Å². The van der Waals surface area contributed by atoms with Crippen LogP contribution in [-0.4, -0.2) is 38.8 Å². The Bertz CT molecular complexity index is 1240. The molecule has 174 valence electrons. The molecule has 0 radical (unpaired) electrons. The van der Waals surface area contributed by atoms with Crippen LogP contribution in [-0.2, 0) is 10.0 Å². The van der Waals surface area contributed by atoms with E-state index in [-0.39, 0.29) is 9.92 Å². The van der Waals surface area contributed by atoms with Crippen molar-refractivity contribution in [2.75, 3.05) is 29.8 Å². The zero-order valence-electron chi connectivity index (χ0n) is 18.9. The van der Waals surface area contributed by atoms with Gasteiger partial charge in [-0.25, -0.2) is 8.42 Å². The van der Waals surface area contributed by atoms with Crippen molar-refractivity contribution >= 4 is 33.1 Å². The quantitative estimate of drug-likeness (QED) is 0.518. The SMILES string of the molecule is COc1cc(C)c(S(=O)(=O)Nc2cccc(-c3ccc(N4CCC(C)CC4)nn3)c2)cc1Cl. The minimum absolute atomic E-state index is 0.0960. The van der Waals surface area contributed by atoms with E-state index in [1.54, 1.807) is 31.2 Å². The summed E-state index contributed by atoms with van der Waals surface area (Å²) in [6, 6.07) is 14.0. The fourth-order valence-corrected chi connectivity index (χ4v) is 5.53. The van der Waals surface area contributed by atoms with E-state index >= 15 is 0 Å². The number of halogens is 1. The molecule has 33 heavy (non-hydrogen) atoms. The molecule has 1 fully saturated rings. The topological polar surface area (TPSA) is 84.4 Å². The highest BCUT2D eigenvalue weighted by Gasteiger charge is 2.20. The molecule has 1 saturated heterocycles. The molecule has 0 aliphatic carbocycles. The number of benzene rings is 2. The Hall–Kier alpha value is -2.84. The monoisotopic (exact) mass is 486 g/mol. The lowest BCUT2D eigenvalue weighted by Gasteiger charge is -2.30. The Morgan fingerprint density at radius 2 is 1.85 bits per heavy atom. The number of anilines is 2. The van der Waals surface area contributed by atoms with Crippen molar-refractivity contribution in [3.63, 3.8) is 0 Å². The van der Waals surface area contributed by atoms with E-state index in [0.717, 1.165) is 43.2 Å². The summed E-state index contributed by atoms with van der Waals surface area (Å²) in [4.78, 5) is 2.35. The standard InChI is InChI=1S/C24H27ClN4O3S/c1-16-9-11-29(12-10-16)24-8-7-21(26-27-24)18-5-4-6-19(14-18)28-33(30,31)23-15-20(25)22(32-3)13-17(23)2/h4-8,13-16,28H,9-12H2,1-3H3. The molecule has 0 bridgehead atoms. The number of aryl methyl sites for hydroxylation is 1. The van der Waals surface area contributed by atoms with E-state index in [0.29, 0.717) is 22.7 Å². The van der Waals surface area contributed by atoms with Gasteiger partial charge in [0.15, 0.2) is 5.82 Å². The summed E-state index contributed by atoms with van der Waals surface area (Å²) in [5, 5.41) is 9.02. The number of nitrogens with zero attached hydrogens (tertiary/aromatic N) is 3. The molecule has 2 aromatic carbocycles. The summed E-state index contributed by atoms with van der Waals surface area (Å²) in [5.74, 6) is 2.04. The van der Waals surface area contributed by atoms with Crippen LogP contribution in [0.5, 0.6) is 5.75 Å². The van der Waals surface area contributed by atoms with Crippen LogP contribution in [0.4, 0.5) is 11.5 Å². The summed E-state index contributed by atoms with van der Waals surface area (Å²) < 4.78 is 33.8. The van der Waals surface area contributed by atoms with Crippen molar-refractivity contribution in [3.05, 3.63) is 59.1 Å². The molecular weight excluding hydrogens is 460 g/mol. The molecule has 0 spiro atoms. The van der Waals surface area contributed by atoms with Gasteiger partial charge in [0.2, 0.25) is 0 Å². The highest BCUT2D eigenvalue weighted by Crippen LogP contribution is 2.31. The summed E-state index contributed by atoms with van der Waals surface area (Å²) >= 11 is 6.16. The molecule has 1 aliphatic heterocycles. The molecule has 9 heteroatoms. The number of rotatable bonds is 6. The molecule has 4 rings (SSSR count). The van der Waals surface area contributed by atoms with Gasteiger partial charge >= 0.3 is 0 Å². The minimum Gasteiger partial charge on any atom is -0.495 e. The number of methoxy groups -OCH3 is 1. The first-order valence-electron chi connectivity index (χ1n) is 10.8. The highest BCUT2D eigenvalue weighted by molar-refractivity contribution is 7.92. The Morgan fingerprint density at radius 3 is 2.52 bits per heavy atom. The molecule has 0 unspecified atom stereocenters.